The number of nitrogens with one attached hydrogen (secondary N) is 1. The van der Waals surface area contributed by atoms with Gasteiger partial charge in [0.1, 0.15) is 0 Å². The molecule has 44 valence electrons. The van der Waals surface area contributed by atoms with Gasteiger partial charge in [-0.15, -0.1) is 0 Å². The average Bonchev–Trinajstić information content (AvgIpc) is 1.90. The summed E-state index contributed by atoms with van der Waals surface area (Å²) in [5.74, 6) is 0. The van der Waals surface area contributed by atoms with Crippen LogP contribution in [0.25, 0.3) is 0 Å². The summed E-state index contributed by atoms with van der Waals surface area (Å²) in [6.07, 6.45) is 0. The second-order valence-electron chi connectivity index (χ2n) is 1.62. The van der Waals surface area contributed by atoms with Gasteiger partial charge in [0, 0.05) is 14.2 Å². The third-order valence-electron chi connectivity index (χ3n) is 1.06. The highest BCUT2D eigenvalue weighted by Gasteiger charge is 1.77. The van der Waals surface area contributed by atoms with E-state index in [9.17, 15) is 0 Å². The largest absolute Gasteiger partial charge is 0.388 e. The highest BCUT2D eigenvalue weighted by Crippen LogP contribution is 2.01. The maximum absolute atomic E-state index is 3.03. The summed E-state index contributed by atoms with van der Waals surface area (Å²) in [7, 11) is 1.91. The highest BCUT2D eigenvalue weighted by atomic mass is 14.8. The fourth-order valence-corrected chi connectivity index (χ4v) is 0.605. The van der Waals surface area contributed by atoms with Crippen molar-refractivity contribution in [2.24, 2.45) is 0 Å². The first-order valence-electron chi connectivity index (χ1n) is 2.66. The lowest BCUT2D eigenvalue weighted by atomic mass is 10.3. The van der Waals surface area contributed by atoms with Crippen molar-refractivity contribution in [3.63, 3.8) is 0 Å². The number of para-hydroxylation sites is 1. The van der Waals surface area contributed by atoms with E-state index < -0.39 is 0 Å². The van der Waals surface area contributed by atoms with Gasteiger partial charge < -0.3 is 5.32 Å². The Labute approximate surface area is 50.8 Å². The van der Waals surface area contributed by atoms with Gasteiger partial charge in [-0.2, -0.15) is 0 Å². The number of benzene rings is 1. The van der Waals surface area contributed by atoms with Gasteiger partial charge in [0.2, 0.25) is 0 Å². The minimum absolute atomic E-state index is 0. The van der Waals surface area contributed by atoms with Gasteiger partial charge >= 0.3 is 0 Å². The molecule has 0 atom stereocenters. The summed E-state index contributed by atoms with van der Waals surface area (Å²) in [4.78, 5) is 0. The van der Waals surface area contributed by atoms with Crippen LogP contribution in [0.1, 0.15) is 1.43 Å². The standard InChI is InChI=1S/C7H9N.H2/c1-8-7-5-3-2-4-6-7;/h2-6,8H,1H3;1H. The molecule has 0 saturated carbocycles. The Kier molecular flexibility index (Phi) is 1.52. The van der Waals surface area contributed by atoms with Crippen molar-refractivity contribution in [3.05, 3.63) is 30.3 Å². The zero-order valence-electron chi connectivity index (χ0n) is 4.89. The maximum Gasteiger partial charge on any atom is 0.0337 e. The zero-order valence-corrected chi connectivity index (χ0v) is 4.89. The fraction of sp³-hybridized carbons (Fsp3) is 0.143. The predicted octanol–water partition coefficient (Wildman–Crippen LogP) is 1.97. The summed E-state index contributed by atoms with van der Waals surface area (Å²) in [5, 5.41) is 3.03. The number of hydrogen-bond acceptors (Lipinski definition) is 1. The van der Waals surface area contributed by atoms with Crippen molar-refractivity contribution in [3.8, 4) is 0 Å². The molecular weight excluding hydrogens is 98.1 g/mol. The molecule has 1 N–H and O–H groups in total. The van der Waals surface area contributed by atoms with Crippen molar-refractivity contribution in [2.45, 2.75) is 0 Å². The average molecular weight is 109 g/mol. The summed E-state index contributed by atoms with van der Waals surface area (Å²) in [6, 6.07) is 10.1. The number of anilines is 1. The molecule has 0 radical (unpaired) electrons. The van der Waals surface area contributed by atoms with Crippen LogP contribution in [0.2, 0.25) is 0 Å². The molecule has 0 aliphatic carbocycles. The molecule has 0 aliphatic rings. The van der Waals surface area contributed by atoms with E-state index in [1.165, 1.54) is 0 Å². The summed E-state index contributed by atoms with van der Waals surface area (Å²) in [6.45, 7) is 0. The van der Waals surface area contributed by atoms with Gasteiger partial charge in [0.05, 0.1) is 0 Å². The van der Waals surface area contributed by atoms with Crippen LogP contribution in [0, 0.1) is 0 Å². The lowest BCUT2D eigenvalue weighted by molar-refractivity contribution is 1.51. The van der Waals surface area contributed by atoms with Crippen LogP contribution in [-0.4, -0.2) is 7.05 Å². The number of rotatable bonds is 1. The molecule has 8 heavy (non-hydrogen) atoms. The second kappa shape index (κ2) is 2.36. The van der Waals surface area contributed by atoms with E-state index in [4.69, 9.17) is 0 Å². The first kappa shape index (κ1) is 5.16. The molecule has 1 aromatic carbocycles. The Balaban J connectivity index is 0.000000640. The highest BCUT2D eigenvalue weighted by molar-refractivity contribution is 5.41. The molecule has 0 amide bonds. The monoisotopic (exact) mass is 109 g/mol. The van der Waals surface area contributed by atoms with Gasteiger partial charge in [0.15, 0.2) is 0 Å². The van der Waals surface area contributed by atoms with Crippen LogP contribution in [0.15, 0.2) is 30.3 Å². The molecule has 0 aliphatic heterocycles. The van der Waals surface area contributed by atoms with Gasteiger partial charge in [-0.25, -0.2) is 0 Å². The van der Waals surface area contributed by atoms with Crippen molar-refractivity contribution < 1.29 is 1.43 Å². The molecule has 0 bridgehead atoms. The molecule has 1 heteroatoms. The van der Waals surface area contributed by atoms with Crippen molar-refractivity contribution in [1.82, 2.24) is 0 Å². The second-order valence-corrected chi connectivity index (χ2v) is 1.62. The van der Waals surface area contributed by atoms with E-state index in [-0.39, 0.29) is 1.43 Å². The lowest BCUT2D eigenvalue weighted by Crippen LogP contribution is -1.84. The van der Waals surface area contributed by atoms with Crippen LogP contribution >= 0.6 is 0 Å². The molecule has 0 unspecified atom stereocenters. The smallest absolute Gasteiger partial charge is 0.0337 e. The fourth-order valence-electron chi connectivity index (χ4n) is 0.605. The third-order valence-corrected chi connectivity index (χ3v) is 1.06. The molecule has 1 aromatic rings. The van der Waals surface area contributed by atoms with E-state index in [2.05, 4.69) is 5.32 Å². The Morgan fingerprint density at radius 1 is 1.25 bits per heavy atom. The van der Waals surface area contributed by atoms with Gasteiger partial charge in [-0.05, 0) is 12.1 Å². The SMILES string of the molecule is CNc1ccccc1.[HH]. The molecule has 0 heterocycles. The topological polar surface area (TPSA) is 12.0 Å². The van der Waals surface area contributed by atoms with Gasteiger partial charge in [-0.3, -0.25) is 0 Å². The summed E-state index contributed by atoms with van der Waals surface area (Å²) < 4.78 is 0. The minimum atomic E-state index is 0. The van der Waals surface area contributed by atoms with E-state index in [1.54, 1.807) is 0 Å². The predicted molar refractivity (Wildman–Crippen MR) is 38.1 cm³/mol. The molecule has 0 aromatic heterocycles. The lowest BCUT2D eigenvalue weighted by Gasteiger charge is -1.94. The summed E-state index contributed by atoms with van der Waals surface area (Å²) >= 11 is 0. The Morgan fingerprint density at radius 2 is 1.88 bits per heavy atom. The number of hydrogen-bond donors (Lipinski definition) is 1. The Hall–Kier alpha value is -0.980. The van der Waals surface area contributed by atoms with Crippen LogP contribution in [0.4, 0.5) is 5.69 Å². The van der Waals surface area contributed by atoms with Crippen LogP contribution in [0.3, 0.4) is 0 Å². The van der Waals surface area contributed by atoms with Crippen LogP contribution in [-0.2, 0) is 0 Å². The molecule has 1 rings (SSSR count). The summed E-state index contributed by atoms with van der Waals surface area (Å²) in [5.41, 5.74) is 1.16. The molecule has 0 spiro atoms. The van der Waals surface area contributed by atoms with E-state index >= 15 is 0 Å². The third kappa shape index (κ3) is 0.997. The molecular formula is C7H11N. The van der Waals surface area contributed by atoms with Crippen LogP contribution in [0.5, 0.6) is 0 Å². The van der Waals surface area contributed by atoms with Gasteiger partial charge in [0.25, 0.3) is 0 Å². The van der Waals surface area contributed by atoms with Crippen LogP contribution < -0.4 is 5.32 Å². The van der Waals surface area contributed by atoms with E-state index in [1.807, 2.05) is 37.4 Å². The van der Waals surface area contributed by atoms with Crippen molar-refractivity contribution in [1.29, 1.82) is 0 Å². The first-order valence-corrected chi connectivity index (χ1v) is 2.66. The van der Waals surface area contributed by atoms with Crippen molar-refractivity contribution in [2.75, 3.05) is 12.4 Å². The Morgan fingerprint density at radius 3 is 2.25 bits per heavy atom. The maximum atomic E-state index is 3.03. The quantitative estimate of drug-likeness (QED) is 0.581. The van der Waals surface area contributed by atoms with E-state index in [0.717, 1.165) is 5.69 Å². The Bertz CT molecular complexity index is 150. The van der Waals surface area contributed by atoms with Crippen molar-refractivity contribution >= 4 is 5.69 Å². The van der Waals surface area contributed by atoms with E-state index in [0.29, 0.717) is 0 Å². The first-order chi connectivity index (χ1) is 3.93. The zero-order chi connectivity index (χ0) is 5.82. The normalized spacial score (nSPS) is 8.62. The molecule has 1 nitrogen and oxygen atoms in total. The molecule has 0 saturated heterocycles. The molecule has 0 fully saturated rings. The minimum Gasteiger partial charge on any atom is -0.388 e. The van der Waals surface area contributed by atoms with Gasteiger partial charge in [-0.1, -0.05) is 18.2 Å².